The molecular weight excluding hydrogens is 408 g/mol. The summed E-state index contributed by atoms with van der Waals surface area (Å²) < 4.78 is 99.9. The molecule has 0 aromatic heterocycles. The van der Waals surface area contributed by atoms with Crippen molar-refractivity contribution in [3.05, 3.63) is 29.3 Å². The molecule has 9 nitrogen and oxygen atoms in total. The Morgan fingerprint density at radius 2 is 1.23 bits per heavy atom. The molecule has 12 heteroatoms. The summed E-state index contributed by atoms with van der Waals surface area (Å²) in [6.45, 7) is 3.17. The summed E-state index contributed by atoms with van der Waals surface area (Å²) >= 11 is 0. The Hall–Kier alpha value is -1.57. The van der Waals surface area contributed by atoms with Crippen molar-refractivity contribution >= 4 is 41.1 Å². The predicted molar refractivity (Wildman–Crippen MR) is 92.1 cm³/mol. The number of aryl methyl sites for hydroxylation is 2. The first-order chi connectivity index (χ1) is 11.7. The van der Waals surface area contributed by atoms with Crippen molar-refractivity contribution in [3.8, 4) is 0 Å². The molecule has 26 heavy (non-hydrogen) atoms. The van der Waals surface area contributed by atoms with E-state index in [-0.39, 0.29) is 22.8 Å². The smallest absolute Gasteiger partial charge is 0.282 e. The maximum Gasteiger partial charge on any atom is 0.297 e. The molecule has 0 atom stereocenters. The summed E-state index contributed by atoms with van der Waals surface area (Å²) in [5.41, 5.74) is 0.288. The van der Waals surface area contributed by atoms with Crippen LogP contribution in [-0.4, -0.2) is 38.9 Å². The van der Waals surface area contributed by atoms with Crippen LogP contribution in [0.3, 0.4) is 0 Å². The average molecular weight is 424 g/mol. The van der Waals surface area contributed by atoms with E-state index in [0.29, 0.717) is 12.0 Å². The summed E-state index contributed by atoms with van der Waals surface area (Å²) in [6.07, 6.45) is 0.225. The Morgan fingerprint density at radius 3 is 1.62 bits per heavy atom. The molecule has 0 saturated heterocycles. The van der Waals surface area contributed by atoms with Gasteiger partial charge >= 0.3 is 0 Å². The molecule has 0 aliphatic rings. The van der Waals surface area contributed by atoms with Gasteiger partial charge in [-0.1, -0.05) is 32.0 Å². The highest BCUT2D eigenvalue weighted by atomic mass is 32.2. The zero-order chi connectivity index (χ0) is 20.1. The maximum atomic E-state index is 11.9. The van der Waals surface area contributed by atoms with Gasteiger partial charge in [-0.25, -0.2) is 0 Å². The molecule has 0 aliphatic heterocycles. The van der Waals surface area contributed by atoms with E-state index in [1.165, 1.54) is 19.1 Å². The van der Waals surface area contributed by atoms with Crippen LogP contribution in [-0.2, 0) is 43.2 Å². The number of rotatable bonds is 5. The largest absolute Gasteiger partial charge is 0.297 e. The van der Waals surface area contributed by atoms with E-state index in [4.69, 9.17) is 0 Å². The fraction of sp³-hybridized carbons (Fsp3) is 0.286. The molecule has 0 unspecified atom stereocenters. The highest BCUT2D eigenvalue weighted by Crippen LogP contribution is 2.40. The standard InChI is InChI=1S/C14H16O9S3/c1-3-8-6-5-7-10-11(8)9(4-2)12(24(15,16)17)14(26(21,22)23)13(10)25(18,19)20/h5-7H,3-4H2,1-2H3,(H,15,16,17)(H,18,19,20)(H,21,22,23). The van der Waals surface area contributed by atoms with E-state index in [0.717, 1.165) is 0 Å². The van der Waals surface area contributed by atoms with E-state index in [1.54, 1.807) is 13.0 Å². The van der Waals surface area contributed by atoms with E-state index in [9.17, 15) is 38.9 Å². The third-order valence-electron chi connectivity index (χ3n) is 3.89. The maximum absolute atomic E-state index is 11.9. The fourth-order valence-electron chi connectivity index (χ4n) is 3.02. The van der Waals surface area contributed by atoms with Gasteiger partial charge in [0.25, 0.3) is 30.4 Å². The van der Waals surface area contributed by atoms with Crippen LogP contribution < -0.4 is 0 Å². The quantitative estimate of drug-likeness (QED) is 0.606. The van der Waals surface area contributed by atoms with Crippen molar-refractivity contribution in [1.82, 2.24) is 0 Å². The number of fused-ring (bicyclic) bond motifs is 1. The second kappa shape index (κ2) is 6.55. The van der Waals surface area contributed by atoms with Gasteiger partial charge in [0.1, 0.15) is 14.7 Å². The first-order valence-electron chi connectivity index (χ1n) is 7.28. The summed E-state index contributed by atoms with van der Waals surface area (Å²) in [4.78, 5) is -4.13. The van der Waals surface area contributed by atoms with Crippen LogP contribution in [0.25, 0.3) is 10.8 Å². The number of hydrogen-bond acceptors (Lipinski definition) is 6. The predicted octanol–water partition coefficient (Wildman–Crippen LogP) is 1.70. The summed E-state index contributed by atoms with van der Waals surface area (Å²) in [7, 11) is -16.0. The van der Waals surface area contributed by atoms with Crippen LogP contribution in [0.15, 0.2) is 32.9 Å². The highest BCUT2D eigenvalue weighted by molar-refractivity contribution is 7.90. The van der Waals surface area contributed by atoms with Gasteiger partial charge in [0.15, 0.2) is 0 Å². The topological polar surface area (TPSA) is 163 Å². The third-order valence-corrected chi connectivity index (χ3v) is 6.98. The molecule has 144 valence electrons. The van der Waals surface area contributed by atoms with E-state index in [1.807, 2.05) is 0 Å². The van der Waals surface area contributed by atoms with Crippen LogP contribution >= 0.6 is 0 Å². The van der Waals surface area contributed by atoms with Crippen LogP contribution in [0, 0.1) is 0 Å². The van der Waals surface area contributed by atoms with Crippen LogP contribution in [0.4, 0.5) is 0 Å². The third kappa shape index (κ3) is 3.48. The van der Waals surface area contributed by atoms with Crippen molar-refractivity contribution in [1.29, 1.82) is 0 Å². The molecular formula is C14H16O9S3. The van der Waals surface area contributed by atoms with Gasteiger partial charge in [-0.3, -0.25) is 13.7 Å². The van der Waals surface area contributed by atoms with Gasteiger partial charge in [-0.05, 0) is 29.4 Å². The monoisotopic (exact) mass is 424 g/mol. The van der Waals surface area contributed by atoms with Crippen molar-refractivity contribution in [2.24, 2.45) is 0 Å². The molecule has 0 amide bonds. The minimum Gasteiger partial charge on any atom is -0.282 e. The second-order valence-corrected chi connectivity index (χ2v) is 9.51. The average Bonchev–Trinajstić information content (AvgIpc) is 2.48. The zero-order valence-corrected chi connectivity index (χ0v) is 16.1. The van der Waals surface area contributed by atoms with Gasteiger partial charge in [-0.15, -0.1) is 0 Å². The Kier molecular flexibility index (Phi) is 5.22. The van der Waals surface area contributed by atoms with Crippen LogP contribution in [0.2, 0.25) is 0 Å². The molecule has 0 fully saturated rings. The van der Waals surface area contributed by atoms with Gasteiger partial charge < -0.3 is 0 Å². The fourth-order valence-corrected chi connectivity index (χ4v) is 6.73. The molecule has 3 N–H and O–H groups in total. The van der Waals surface area contributed by atoms with E-state index < -0.39 is 45.0 Å². The molecule has 2 rings (SSSR count). The van der Waals surface area contributed by atoms with Crippen molar-refractivity contribution < 1.29 is 38.9 Å². The van der Waals surface area contributed by atoms with Crippen molar-refractivity contribution in [2.45, 2.75) is 41.4 Å². The minimum atomic E-state index is -5.45. The summed E-state index contributed by atoms with van der Waals surface area (Å²) in [5, 5.41) is -0.200. The molecule has 0 saturated carbocycles. The van der Waals surface area contributed by atoms with E-state index in [2.05, 4.69) is 0 Å². The van der Waals surface area contributed by atoms with Gasteiger partial charge in [0.2, 0.25) is 0 Å². The van der Waals surface area contributed by atoms with Crippen molar-refractivity contribution in [3.63, 3.8) is 0 Å². The minimum absolute atomic E-state index is 0.0742. The first kappa shape index (κ1) is 20.7. The molecule has 0 heterocycles. The Balaban J connectivity index is 3.51. The normalized spacial score (nSPS) is 13.3. The van der Waals surface area contributed by atoms with Gasteiger partial charge in [0, 0.05) is 5.39 Å². The molecule has 2 aromatic carbocycles. The van der Waals surface area contributed by atoms with Crippen LogP contribution in [0.5, 0.6) is 0 Å². The summed E-state index contributed by atoms with van der Waals surface area (Å²) in [5.74, 6) is 0. The Labute approximate surface area is 150 Å². The lowest BCUT2D eigenvalue weighted by Crippen LogP contribution is -2.18. The van der Waals surface area contributed by atoms with Gasteiger partial charge in [0.05, 0.1) is 0 Å². The molecule has 0 bridgehead atoms. The second-order valence-electron chi connectivity index (χ2n) is 5.44. The lowest BCUT2D eigenvalue weighted by molar-refractivity contribution is 0.456. The molecule has 0 aliphatic carbocycles. The highest BCUT2D eigenvalue weighted by Gasteiger charge is 2.37. The SMILES string of the molecule is CCc1cccc2c(S(=O)(=O)O)c(S(=O)(=O)O)c(S(=O)(=O)O)c(CC)c12. The van der Waals surface area contributed by atoms with Gasteiger partial charge in [-0.2, -0.15) is 25.3 Å². The number of benzene rings is 2. The lowest BCUT2D eigenvalue weighted by atomic mass is 9.96. The zero-order valence-electron chi connectivity index (χ0n) is 13.7. The van der Waals surface area contributed by atoms with E-state index >= 15 is 0 Å². The Bertz CT molecular complexity index is 1210. The summed E-state index contributed by atoms with van der Waals surface area (Å²) in [6, 6.07) is 4.14. The lowest BCUT2D eigenvalue weighted by Gasteiger charge is -2.19. The molecule has 0 spiro atoms. The number of hydrogen-bond donors (Lipinski definition) is 3. The first-order valence-corrected chi connectivity index (χ1v) is 11.6. The molecule has 2 aromatic rings. The van der Waals surface area contributed by atoms with Crippen molar-refractivity contribution in [2.75, 3.05) is 0 Å². The van der Waals surface area contributed by atoms with Crippen LogP contribution in [0.1, 0.15) is 25.0 Å². The molecule has 0 radical (unpaired) electrons. The Morgan fingerprint density at radius 1 is 0.731 bits per heavy atom.